The summed E-state index contributed by atoms with van der Waals surface area (Å²) in [7, 11) is 1.58. The number of carbonyl (C=O) groups excluding carboxylic acids is 1. The first-order valence-corrected chi connectivity index (χ1v) is 11.0. The molecule has 0 saturated carbocycles. The monoisotopic (exact) mass is 498 g/mol. The zero-order valence-corrected chi connectivity index (χ0v) is 19.4. The maximum Gasteiger partial charge on any atom is 0.417 e. The second-order valence-electron chi connectivity index (χ2n) is 7.94. The van der Waals surface area contributed by atoms with E-state index in [2.05, 4.69) is 15.4 Å². The topological polar surface area (TPSA) is 69.0 Å². The van der Waals surface area contributed by atoms with E-state index in [1.165, 1.54) is 23.1 Å². The number of benzene rings is 2. The number of esters is 1. The van der Waals surface area contributed by atoms with Gasteiger partial charge in [0.05, 0.1) is 47.6 Å². The maximum atomic E-state index is 15.0. The number of anilines is 2. The van der Waals surface area contributed by atoms with Crippen molar-refractivity contribution in [3.63, 3.8) is 0 Å². The lowest BCUT2D eigenvalue weighted by Gasteiger charge is -2.17. The minimum absolute atomic E-state index is 0.0547. The van der Waals surface area contributed by atoms with Crippen LogP contribution in [-0.4, -0.2) is 27.3 Å². The standard InChI is InChI=1S/C26H22F4N4O2/c1-3-36-25(35)12-17-11-18(16-7-5-4-6-8-16)24(15-31-17)32-23-13-19(22-9-10-34(2)33-22)20(14-21(23)27)26(28,29)30/h4-11,13-15,32H,3,12H2,1-2H3. The number of hydrogen-bond acceptors (Lipinski definition) is 5. The lowest BCUT2D eigenvalue weighted by molar-refractivity contribution is -0.142. The van der Waals surface area contributed by atoms with Gasteiger partial charge in [-0.1, -0.05) is 30.3 Å². The van der Waals surface area contributed by atoms with Crippen molar-refractivity contribution in [1.29, 1.82) is 0 Å². The van der Waals surface area contributed by atoms with E-state index in [1.54, 1.807) is 20.0 Å². The van der Waals surface area contributed by atoms with Crippen molar-refractivity contribution in [2.24, 2.45) is 7.05 Å². The van der Waals surface area contributed by atoms with Crippen molar-refractivity contribution in [2.45, 2.75) is 19.5 Å². The molecule has 36 heavy (non-hydrogen) atoms. The second-order valence-corrected chi connectivity index (χ2v) is 7.94. The third kappa shape index (κ3) is 5.54. The van der Waals surface area contributed by atoms with Crippen LogP contribution >= 0.6 is 0 Å². The van der Waals surface area contributed by atoms with Crippen molar-refractivity contribution in [3.05, 3.63) is 84.1 Å². The quantitative estimate of drug-likeness (QED) is 0.244. The Kier molecular flexibility index (Phi) is 7.05. The minimum atomic E-state index is -4.78. The number of hydrogen-bond donors (Lipinski definition) is 1. The number of halogens is 4. The molecular formula is C26H22F4N4O2. The fourth-order valence-electron chi connectivity index (χ4n) is 3.73. The Balaban J connectivity index is 1.79. The van der Waals surface area contributed by atoms with Gasteiger partial charge in [0.1, 0.15) is 5.82 Å². The molecule has 0 saturated heterocycles. The molecular weight excluding hydrogens is 476 g/mol. The molecule has 2 aromatic carbocycles. The fourth-order valence-corrected chi connectivity index (χ4v) is 3.73. The van der Waals surface area contributed by atoms with Crippen LogP contribution in [0.4, 0.5) is 28.9 Å². The highest BCUT2D eigenvalue weighted by Crippen LogP contribution is 2.40. The van der Waals surface area contributed by atoms with Gasteiger partial charge in [-0.2, -0.15) is 18.3 Å². The second kappa shape index (κ2) is 10.2. The molecule has 4 aromatic rings. The normalized spacial score (nSPS) is 11.4. The summed E-state index contributed by atoms with van der Waals surface area (Å²) in [6, 6.07) is 13.7. The van der Waals surface area contributed by atoms with E-state index < -0.39 is 23.5 Å². The zero-order valence-electron chi connectivity index (χ0n) is 19.4. The Labute approximate surface area is 204 Å². The molecule has 0 aliphatic carbocycles. The van der Waals surface area contributed by atoms with Crippen LogP contribution in [0.25, 0.3) is 22.4 Å². The van der Waals surface area contributed by atoms with E-state index in [1.807, 2.05) is 30.3 Å². The summed E-state index contributed by atoms with van der Waals surface area (Å²) >= 11 is 0. The molecule has 0 atom stereocenters. The number of aryl methyl sites for hydroxylation is 1. The summed E-state index contributed by atoms with van der Waals surface area (Å²) in [5, 5.41) is 6.95. The molecule has 4 rings (SSSR count). The third-order valence-corrected chi connectivity index (χ3v) is 5.35. The number of nitrogens with zero attached hydrogens (tertiary/aromatic N) is 3. The smallest absolute Gasteiger partial charge is 0.417 e. The van der Waals surface area contributed by atoms with Crippen LogP contribution in [-0.2, 0) is 29.2 Å². The van der Waals surface area contributed by atoms with Crippen molar-refractivity contribution < 1.29 is 27.1 Å². The summed E-state index contributed by atoms with van der Waals surface area (Å²) in [6.07, 6.45) is -1.93. The Morgan fingerprint density at radius 2 is 1.81 bits per heavy atom. The molecule has 0 unspecified atom stereocenters. The Hall–Kier alpha value is -4.21. The molecule has 0 fully saturated rings. The lowest BCUT2D eigenvalue weighted by Crippen LogP contribution is -2.10. The number of aromatic nitrogens is 3. The van der Waals surface area contributed by atoms with Crippen LogP contribution in [0.5, 0.6) is 0 Å². The number of pyridine rings is 1. The fraction of sp³-hybridized carbons (Fsp3) is 0.192. The van der Waals surface area contributed by atoms with Gasteiger partial charge in [-0.25, -0.2) is 4.39 Å². The van der Waals surface area contributed by atoms with Gasteiger partial charge in [-0.3, -0.25) is 14.5 Å². The van der Waals surface area contributed by atoms with E-state index in [-0.39, 0.29) is 30.0 Å². The van der Waals surface area contributed by atoms with E-state index in [0.29, 0.717) is 23.0 Å². The molecule has 0 spiro atoms. The highest BCUT2D eigenvalue weighted by Gasteiger charge is 2.35. The van der Waals surface area contributed by atoms with Crippen LogP contribution in [0.1, 0.15) is 18.2 Å². The number of alkyl halides is 3. The van der Waals surface area contributed by atoms with E-state index in [0.717, 1.165) is 11.6 Å². The number of rotatable bonds is 7. The number of ether oxygens (including phenoxy) is 1. The third-order valence-electron chi connectivity index (χ3n) is 5.35. The molecule has 0 aliphatic heterocycles. The van der Waals surface area contributed by atoms with Gasteiger partial charge >= 0.3 is 12.1 Å². The number of nitrogens with one attached hydrogen (secondary N) is 1. The Morgan fingerprint density at radius 1 is 1.06 bits per heavy atom. The first kappa shape index (κ1) is 24.9. The molecule has 0 aliphatic rings. The SMILES string of the molecule is CCOC(=O)Cc1cc(-c2ccccc2)c(Nc2cc(-c3ccn(C)n3)c(C(F)(F)F)cc2F)cn1. The van der Waals surface area contributed by atoms with E-state index in [9.17, 15) is 22.4 Å². The largest absolute Gasteiger partial charge is 0.466 e. The van der Waals surface area contributed by atoms with Gasteiger partial charge in [0.2, 0.25) is 0 Å². The molecule has 2 aromatic heterocycles. The van der Waals surface area contributed by atoms with Gasteiger partial charge < -0.3 is 10.1 Å². The summed E-state index contributed by atoms with van der Waals surface area (Å²) in [6.45, 7) is 1.93. The minimum Gasteiger partial charge on any atom is -0.466 e. The Bertz CT molecular complexity index is 1380. The van der Waals surface area contributed by atoms with Gasteiger partial charge in [-0.05, 0) is 36.8 Å². The van der Waals surface area contributed by atoms with Gasteiger partial charge in [0.25, 0.3) is 0 Å². The van der Waals surface area contributed by atoms with Crippen molar-refractivity contribution >= 4 is 17.3 Å². The lowest BCUT2D eigenvalue weighted by atomic mass is 10.0. The summed E-state index contributed by atoms with van der Waals surface area (Å²) in [4.78, 5) is 16.2. The van der Waals surface area contributed by atoms with Crippen LogP contribution < -0.4 is 5.32 Å². The van der Waals surface area contributed by atoms with Gasteiger partial charge in [-0.15, -0.1) is 0 Å². The predicted octanol–water partition coefficient (Wildman–Crippen LogP) is 6.16. The van der Waals surface area contributed by atoms with E-state index in [4.69, 9.17) is 4.74 Å². The first-order chi connectivity index (χ1) is 17.2. The van der Waals surface area contributed by atoms with Crippen LogP contribution in [0.3, 0.4) is 0 Å². The highest BCUT2D eigenvalue weighted by molar-refractivity contribution is 5.83. The average Bonchev–Trinajstić information content (AvgIpc) is 3.27. The molecule has 6 nitrogen and oxygen atoms in total. The van der Waals surface area contributed by atoms with Crippen LogP contribution in [0, 0.1) is 5.82 Å². The van der Waals surface area contributed by atoms with Crippen LogP contribution in [0.2, 0.25) is 0 Å². The summed E-state index contributed by atoms with van der Waals surface area (Å²) in [5.41, 5.74) is 0.586. The number of carbonyl (C=O) groups is 1. The molecule has 0 radical (unpaired) electrons. The molecule has 0 amide bonds. The zero-order chi connectivity index (χ0) is 25.9. The van der Waals surface area contributed by atoms with E-state index >= 15 is 0 Å². The average molecular weight is 498 g/mol. The molecule has 0 bridgehead atoms. The van der Waals surface area contributed by atoms with Crippen molar-refractivity contribution in [2.75, 3.05) is 11.9 Å². The predicted molar refractivity (Wildman–Crippen MR) is 127 cm³/mol. The maximum absolute atomic E-state index is 15.0. The summed E-state index contributed by atoms with van der Waals surface area (Å²) in [5.74, 6) is -1.53. The molecule has 2 heterocycles. The van der Waals surface area contributed by atoms with Gasteiger partial charge in [0, 0.05) is 24.4 Å². The Morgan fingerprint density at radius 3 is 2.44 bits per heavy atom. The molecule has 1 N–H and O–H groups in total. The summed E-state index contributed by atoms with van der Waals surface area (Å²) < 4.78 is 62.4. The van der Waals surface area contributed by atoms with Crippen molar-refractivity contribution in [3.8, 4) is 22.4 Å². The van der Waals surface area contributed by atoms with Crippen molar-refractivity contribution in [1.82, 2.24) is 14.8 Å². The molecule has 10 heteroatoms. The van der Waals surface area contributed by atoms with Crippen LogP contribution in [0.15, 0.2) is 67.0 Å². The first-order valence-electron chi connectivity index (χ1n) is 11.0. The highest BCUT2D eigenvalue weighted by atomic mass is 19.4. The molecule has 186 valence electrons. The van der Waals surface area contributed by atoms with Gasteiger partial charge in [0.15, 0.2) is 0 Å².